The molecule has 0 radical (unpaired) electrons. The highest BCUT2D eigenvalue weighted by atomic mass is 19.3. The maximum Gasteiger partial charge on any atom is 0.466 e. The average Bonchev–Trinajstić information content (AvgIpc) is 2.80. The third-order valence-electron chi connectivity index (χ3n) is 5.12. The van der Waals surface area contributed by atoms with Crippen molar-refractivity contribution in [3.05, 3.63) is 23.8 Å². The number of methoxy groups -OCH3 is 1. The molecule has 1 aliphatic rings. The standard InChI is InChI=1S/C19H27BF2O6/c1-7-25-16(23)11-13(20-27-18(2,3)19(4,5)28-20)12-8-9-14(26-17(21)22)15(10-12)24-6/h8-10,13,17H,7,11H2,1-6H3. The summed E-state index contributed by atoms with van der Waals surface area (Å²) in [7, 11) is 0.632. The summed E-state index contributed by atoms with van der Waals surface area (Å²) in [5.74, 6) is -0.892. The zero-order chi connectivity index (χ0) is 21.1. The number of carbonyl (C=O) groups excluding carboxylic acids is 1. The van der Waals surface area contributed by atoms with Gasteiger partial charge >= 0.3 is 19.7 Å². The Labute approximate surface area is 164 Å². The average molecular weight is 400 g/mol. The summed E-state index contributed by atoms with van der Waals surface area (Å²) in [5.41, 5.74) is -0.550. The Kier molecular flexibility index (Phi) is 6.93. The van der Waals surface area contributed by atoms with E-state index in [1.807, 2.05) is 27.7 Å². The molecule has 28 heavy (non-hydrogen) atoms. The molecule has 1 aromatic carbocycles. The van der Waals surface area contributed by atoms with Gasteiger partial charge < -0.3 is 23.5 Å². The Balaban J connectivity index is 2.38. The molecule has 6 nitrogen and oxygen atoms in total. The summed E-state index contributed by atoms with van der Waals surface area (Å²) in [5, 5.41) is 0. The van der Waals surface area contributed by atoms with E-state index in [9.17, 15) is 13.6 Å². The molecule has 2 rings (SSSR count). The fourth-order valence-corrected chi connectivity index (χ4v) is 2.93. The molecule has 1 saturated heterocycles. The maximum absolute atomic E-state index is 12.6. The van der Waals surface area contributed by atoms with E-state index in [1.165, 1.54) is 13.2 Å². The van der Waals surface area contributed by atoms with Crippen LogP contribution in [-0.2, 0) is 18.8 Å². The first-order valence-electron chi connectivity index (χ1n) is 9.14. The van der Waals surface area contributed by atoms with Gasteiger partial charge in [-0.25, -0.2) is 0 Å². The lowest BCUT2D eigenvalue weighted by Crippen LogP contribution is -2.41. The molecule has 1 aromatic rings. The van der Waals surface area contributed by atoms with Crippen molar-refractivity contribution in [2.45, 2.75) is 64.7 Å². The van der Waals surface area contributed by atoms with E-state index in [-0.39, 0.29) is 24.5 Å². The van der Waals surface area contributed by atoms with Crippen molar-refractivity contribution in [2.24, 2.45) is 0 Å². The van der Waals surface area contributed by atoms with E-state index in [1.54, 1.807) is 19.1 Å². The summed E-state index contributed by atoms with van der Waals surface area (Å²) in [6.07, 6.45) is 0.00285. The van der Waals surface area contributed by atoms with Gasteiger partial charge in [0.05, 0.1) is 31.3 Å². The maximum atomic E-state index is 12.6. The molecule has 156 valence electrons. The topological polar surface area (TPSA) is 63.2 Å². The van der Waals surface area contributed by atoms with Crippen LogP contribution in [0.25, 0.3) is 0 Å². The minimum Gasteiger partial charge on any atom is -0.493 e. The van der Waals surface area contributed by atoms with Crippen molar-refractivity contribution in [1.82, 2.24) is 0 Å². The van der Waals surface area contributed by atoms with E-state index in [0.717, 1.165) is 0 Å². The van der Waals surface area contributed by atoms with E-state index < -0.39 is 36.7 Å². The van der Waals surface area contributed by atoms with Crippen LogP contribution in [0.1, 0.15) is 52.4 Å². The number of hydrogen-bond donors (Lipinski definition) is 0. The van der Waals surface area contributed by atoms with Gasteiger partial charge in [-0.15, -0.1) is 0 Å². The van der Waals surface area contributed by atoms with E-state index >= 15 is 0 Å². The highest BCUT2D eigenvalue weighted by Gasteiger charge is 2.54. The number of ether oxygens (including phenoxy) is 3. The van der Waals surface area contributed by atoms with Crippen molar-refractivity contribution in [3.8, 4) is 11.5 Å². The number of hydrogen-bond acceptors (Lipinski definition) is 6. The second-order valence-corrected chi connectivity index (χ2v) is 7.53. The summed E-state index contributed by atoms with van der Waals surface area (Å²) >= 11 is 0. The van der Waals surface area contributed by atoms with Crippen molar-refractivity contribution in [2.75, 3.05) is 13.7 Å². The van der Waals surface area contributed by atoms with Gasteiger partial charge in [-0.05, 0) is 52.3 Å². The molecule has 1 heterocycles. The molecule has 1 unspecified atom stereocenters. The number of carbonyl (C=O) groups is 1. The number of benzene rings is 1. The van der Waals surface area contributed by atoms with Gasteiger partial charge in [0.15, 0.2) is 11.5 Å². The molecule has 0 aliphatic carbocycles. The van der Waals surface area contributed by atoms with Crippen LogP contribution < -0.4 is 9.47 Å². The van der Waals surface area contributed by atoms with Gasteiger partial charge in [0, 0.05) is 5.82 Å². The summed E-state index contributed by atoms with van der Waals surface area (Å²) in [4.78, 5) is 12.2. The van der Waals surface area contributed by atoms with Crippen LogP contribution >= 0.6 is 0 Å². The molecule has 0 bridgehead atoms. The van der Waals surface area contributed by atoms with E-state index in [2.05, 4.69) is 4.74 Å². The molecule has 1 fully saturated rings. The third-order valence-corrected chi connectivity index (χ3v) is 5.12. The molecular weight excluding hydrogens is 373 g/mol. The highest BCUT2D eigenvalue weighted by Crippen LogP contribution is 2.43. The van der Waals surface area contributed by atoms with Crippen LogP contribution in [0.2, 0.25) is 0 Å². The Bertz CT molecular complexity index is 679. The lowest BCUT2D eigenvalue weighted by molar-refractivity contribution is -0.143. The predicted molar refractivity (Wildman–Crippen MR) is 99.7 cm³/mol. The largest absolute Gasteiger partial charge is 0.493 e. The van der Waals surface area contributed by atoms with Crippen molar-refractivity contribution in [1.29, 1.82) is 0 Å². The molecular formula is C19H27BF2O6. The van der Waals surface area contributed by atoms with Crippen LogP contribution in [-0.4, -0.2) is 44.6 Å². The first-order valence-corrected chi connectivity index (χ1v) is 9.14. The molecule has 1 aliphatic heterocycles. The Morgan fingerprint density at radius 1 is 1.14 bits per heavy atom. The van der Waals surface area contributed by atoms with Gasteiger partial charge in [-0.1, -0.05) is 6.07 Å². The van der Waals surface area contributed by atoms with Gasteiger partial charge in [0.2, 0.25) is 0 Å². The molecule has 0 amide bonds. The molecule has 9 heteroatoms. The molecule has 0 spiro atoms. The van der Waals surface area contributed by atoms with Gasteiger partial charge in [0.1, 0.15) is 0 Å². The van der Waals surface area contributed by atoms with Gasteiger partial charge in [-0.3, -0.25) is 4.79 Å². The van der Waals surface area contributed by atoms with E-state index in [0.29, 0.717) is 5.56 Å². The Morgan fingerprint density at radius 2 is 1.75 bits per heavy atom. The zero-order valence-electron chi connectivity index (χ0n) is 17.1. The van der Waals surface area contributed by atoms with E-state index in [4.69, 9.17) is 18.8 Å². The SMILES string of the molecule is CCOC(=O)CC(B1OC(C)(C)C(C)(C)O1)c1ccc(OC(F)F)c(OC)c1. The summed E-state index contributed by atoms with van der Waals surface area (Å²) in [6, 6.07) is 4.52. The van der Waals surface area contributed by atoms with Crippen LogP contribution in [0.3, 0.4) is 0 Å². The number of esters is 1. The molecule has 1 atom stereocenters. The monoisotopic (exact) mass is 400 g/mol. The van der Waals surface area contributed by atoms with Crippen LogP contribution in [0.4, 0.5) is 8.78 Å². The first-order chi connectivity index (χ1) is 13.0. The van der Waals surface area contributed by atoms with Crippen molar-refractivity contribution in [3.63, 3.8) is 0 Å². The van der Waals surface area contributed by atoms with Gasteiger partial charge in [0.25, 0.3) is 0 Å². The number of alkyl halides is 2. The lowest BCUT2D eigenvalue weighted by atomic mass is 9.66. The fourth-order valence-electron chi connectivity index (χ4n) is 2.93. The summed E-state index contributed by atoms with van der Waals surface area (Å²) < 4.78 is 52.1. The minimum atomic E-state index is -2.97. The summed E-state index contributed by atoms with van der Waals surface area (Å²) in [6.45, 7) is 6.64. The minimum absolute atomic E-state index is 0.00285. The fraction of sp³-hybridized carbons (Fsp3) is 0.632. The Morgan fingerprint density at radius 3 is 2.25 bits per heavy atom. The Hall–Kier alpha value is -1.87. The number of halogens is 2. The van der Waals surface area contributed by atoms with Crippen molar-refractivity contribution < 1.29 is 37.1 Å². The van der Waals surface area contributed by atoms with Gasteiger partial charge in [-0.2, -0.15) is 8.78 Å². The lowest BCUT2D eigenvalue weighted by Gasteiger charge is -2.32. The molecule has 0 N–H and O–H groups in total. The van der Waals surface area contributed by atoms with Crippen LogP contribution in [0.5, 0.6) is 11.5 Å². The first kappa shape index (κ1) is 22.4. The zero-order valence-corrected chi connectivity index (χ0v) is 17.1. The third kappa shape index (κ3) is 4.94. The second kappa shape index (κ2) is 8.65. The predicted octanol–water partition coefficient (Wildman–Crippen LogP) is 3.96. The molecule has 0 aromatic heterocycles. The van der Waals surface area contributed by atoms with Crippen molar-refractivity contribution >= 4 is 13.1 Å². The highest BCUT2D eigenvalue weighted by molar-refractivity contribution is 6.48. The smallest absolute Gasteiger partial charge is 0.466 e. The van der Waals surface area contributed by atoms with Crippen LogP contribution in [0, 0.1) is 0 Å². The normalized spacial score (nSPS) is 18.8. The molecule has 0 saturated carbocycles. The number of rotatable bonds is 8. The van der Waals surface area contributed by atoms with Crippen LogP contribution in [0.15, 0.2) is 18.2 Å². The second-order valence-electron chi connectivity index (χ2n) is 7.53. The quantitative estimate of drug-likeness (QED) is 0.486.